The average molecular weight is 263 g/mol. The second kappa shape index (κ2) is 5.86. The van der Waals surface area contributed by atoms with Gasteiger partial charge in [0.25, 0.3) is 0 Å². The molecule has 0 aliphatic carbocycles. The number of hydrogen-bond acceptors (Lipinski definition) is 3. The van der Waals surface area contributed by atoms with Crippen LogP contribution in [0.1, 0.15) is 22.7 Å². The lowest BCUT2D eigenvalue weighted by atomic mass is 9.97. The van der Waals surface area contributed by atoms with E-state index in [2.05, 4.69) is 10.4 Å². The van der Waals surface area contributed by atoms with Crippen molar-refractivity contribution < 1.29 is 8.78 Å². The van der Waals surface area contributed by atoms with E-state index >= 15 is 0 Å². The molecule has 0 radical (unpaired) electrons. The summed E-state index contributed by atoms with van der Waals surface area (Å²) in [5.74, 6) is 3.86. The summed E-state index contributed by atoms with van der Waals surface area (Å²) in [6.45, 7) is 1.93. The monoisotopic (exact) mass is 263 g/mol. The summed E-state index contributed by atoms with van der Waals surface area (Å²) in [7, 11) is 0. The minimum atomic E-state index is -0.847. The van der Waals surface area contributed by atoms with Gasteiger partial charge in [0.2, 0.25) is 0 Å². The molecular formula is C14H15F2N3. The van der Waals surface area contributed by atoms with Crippen LogP contribution in [-0.2, 0) is 6.42 Å². The van der Waals surface area contributed by atoms with Gasteiger partial charge in [0.1, 0.15) is 0 Å². The number of pyridine rings is 1. The number of nitrogens with zero attached hydrogens (tertiary/aromatic N) is 1. The van der Waals surface area contributed by atoms with E-state index in [0.29, 0.717) is 12.0 Å². The summed E-state index contributed by atoms with van der Waals surface area (Å²) in [4.78, 5) is 4.02. The van der Waals surface area contributed by atoms with Crippen molar-refractivity contribution in [2.24, 2.45) is 5.84 Å². The molecule has 19 heavy (non-hydrogen) atoms. The van der Waals surface area contributed by atoms with E-state index in [9.17, 15) is 8.78 Å². The molecule has 0 aliphatic rings. The number of nitrogens with one attached hydrogen (secondary N) is 1. The number of aryl methyl sites for hydroxylation is 1. The van der Waals surface area contributed by atoms with Gasteiger partial charge in [-0.2, -0.15) is 0 Å². The number of rotatable bonds is 4. The van der Waals surface area contributed by atoms with Crippen molar-refractivity contribution in [2.75, 3.05) is 0 Å². The van der Waals surface area contributed by atoms with E-state index < -0.39 is 11.6 Å². The highest BCUT2D eigenvalue weighted by Crippen LogP contribution is 2.21. The number of benzene rings is 1. The Labute approximate surface area is 110 Å². The number of nitrogens with two attached hydrogens (primary N) is 1. The SMILES string of the molecule is Cc1cnccc1C(Cc1ccc(F)c(F)c1)NN. The van der Waals surface area contributed by atoms with Crippen LogP contribution in [0.2, 0.25) is 0 Å². The maximum Gasteiger partial charge on any atom is 0.159 e. The largest absolute Gasteiger partial charge is 0.271 e. The molecule has 0 bridgehead atoms. The molecule has 2 rings (SSSR count). The first-order valence-electron chi connectivity index (χ1n) is 5.92. The van der Waals surface area contributed by atoms with Crippen molar-refractivity contribution in [1.29, 1.82) is 0 Å². The van der Waals surface area contributed by atoms with Gasteiger partial charge in [0.05, 0.1) is 6.04 Å². The van der Waals surface area contributed by atoms with Gasteiger partial charge in [0, 0.05) is 12.4 Å². The van der Waals surface area contributed by atoms with Gasteiger partial charge >= 0.3 is 0 Å². The van der Waals surface area contributed by atoms with E-state index in [1.807, 2.05) is 13.0 Å². The molecule has 0 amide bonds. The second-order valence-electron chi connectivity index (χ2n) is 4.40. The van der Waals surface area contributed by atoms with Gasteiger partial charge < -0.3 is 0 Å². The third-order valence-corrected chi connectivity index (χ3v) is 3.06. The first kappa shape index (κ1) is 13.6. The van der Waals surface area contributed by atoms with Crippen molar-refractivity contribution in [3.05, 3.63) is 65.0 Å². The Morgan fingerprint density at radius 3 is 2.68 bits per heavy atom. The molecule has 1 heterocycles. The summed E-state index contributed by atoms with van der Waals surface area (Å²) >= 11 is 0. The van der Waals surface area contributed by atoms with Crippen LogP contribution in [-0.4, -0.2) is 4.98 Å². The minimum absolute atomic E-state index is 0.173. The number of halogens is 2. The fourth-order valence-electron chi connectivity index (χ4n) is 2.04. The fraction of sp³-hybridized carbons (Fsp3) is 0.214. The van der Waals surface area contributed by atoms with E-state index in [1.165, 1.54) is 6.07 Å². The molecule has 0 saturated heterocycles. The smallest absolute Gasteiger partial charge is 0.159 e. The Morgan fingerprint density at radius 2 is 2.05 bits per heavy atom. The lowest BCUT2D eigenvalue weighted by Crippen LogP contribution is -2.30. The molecule has 3 N–H and O–H groups in total. The number of aromatic nitrogens is 1. The van der Waals surface area contributed by atoms with Crippen molar-refractivity contribution in [2.45, 2.75) is 19.4 Å². The first-order chi connectivity index (χ1) is 9.11. The summed E-state index contributed by atoms with van der Waals surface area (Å²) < 4.78 is 26.1. The normalized spacial score (nSPS) is 12.4. The Balaban J connectivity index is 2.24. The minimum Gasteiger partial charge on any atom is -0.271 e. The maximum absolute atomic E-state index is 13.2. The molecule has 0 fully saturated rings. The third-order valence-electron chi connectivity index (χ3n) is 3.06. The van der Waals surface area contributed by atoms with Gasteiger partial charge in [-0.25, -0.2) is 8.78 Å². The van der Waals surface area contributed by atoms with Gasteiger partial charge in [-0.3, -0.25) is 16.3 Å². The Morgan fingerprint density at radius 1 is 1.26 bits per heavy atom. The molecule has 100 valence electrons. The van der Waals surface area contributed by atoms with Crippen LogP contribution in [0.4, 0.5) is 8.78 Å². The molecule has 0 spiro atoms. The molecule has 5 heteroatoms. The van der Waals surface area contributed by atoms with Crippen LogP contribution in [0.25, 0.3) is 0 Å². The summed E-state index contributed by atoms with van der Waals surface area (Å²) in [5.41, 5.74) is 5.36. The molecule has 1 aromatic heterocycles. The van der Waals surface area contributed by atoms with Gasteiger partial charge in [-0.1, -0.05) is 6.07 Å². The Hall–Kier alpha value is -1.85. The zero-order chi connectivity index (χ0) is 13.8. The van der Waals surface area contributed by atoms with Crippen LogP contribution in [0.3, 0.4) is 0 Å². The molecule has 1 atom stereocenters. The predicted molar refractivity (Wildman–Crippen MR) is 69.1 cm³/mol. The topological polar surface area (TPSA) is 50.9 Å². The second-order valence-corrected chi connectivity index (χ2v) is 4.40. The number of hydrazine groups is 1. The highest BCUT2D eigenvalue weighted by Gasteiger charge is 2.14. The lowest BCUT2D eigenvalue weighted by molar-refractivity contribution is 0.502. The highest BCUT2D eigenvalue weighted by atomic mass is 19.2. The molecule has 3 nitrogen and oxygen atoms in total. The molecule has 1 unspecified atom stereocenters. The van der Waals surface area contributed by atoms with Crippen molar-refractivity contribution in [3.8, 4) is 0 Å². The van der Waals surface area contributed by atoms with Crippen LogP contribution in [0.5, 0.6) is 0 Å². The molecule has 2 aromatic rings. The Bertz CT molecular complexity index is 572. The summed E-state index contributed by atoms with van der Waals surface area (Å²) in [5, 5.41) is 0. The lowest BCUT2D eigenvalue weighted by Gasteiger charge is -2.18. The van der Waals surface area contributed by atoms with Crippen molar-refractivity contribution in [1.82, 2.24) is 10.4 Å². The van der Waals surface area contributed by atoms with Crippen LogP contribution in [0.15, 0.2) is 36.7 Å². The zero-order valence-electron chi connectivity index (χ0n) is 10.5. The van der Waals surface area contributed by atoms with E-state index in [4.69, 9.17) is 5.84 Å². The van der Waals surface area contributed by atoms with Crippen LogP contribution >= 0.6 is 0 Å². The van der Waals surface area contributed by atoms with E-state index in [0.717, 1.165) is 17.2 Å². The van der Waals surface area contributed by atoms with E-state index in [1.54, 1.807) is 18.5 Å². The molecular weight excluding hydrogens is 248 g/mol. The average Bonchev–Trinajstić information content (AvgIpc) is 2.41. The van der Waals surface area contributed by atoms with Gasteiger partial charge in [-0.15, -0.1) is 0 Å². The third kappa shape index (κ3) is 3.13. The Kier molecular flexibility index (Phi) is 4.19. The summed E-state index contributed by atoms with van der Waals surface area (Å²) in [6.07, 6.45) is 3.89. The quantitative estimate of drug-likeness (QED) is 0.658. The van der Waals surface area contributed by atoms with E-state index in [-0.39, 0.29) is 6.04 Å². The summed E-state index contributed by atoms with van der Waals surface area (Å²) in [6, 6.07) is 5.56. The standard InChI is InChI=1S/C14H15F2N3/c1-9-8-18-5-4-11(9)14(19-17)7-10-2-3-12(15)13(16)6-10/h2-6,8,14,19H,7,17H2,1H3. The molecule has 1 aromatic carbocycles. The zero-order valence-corrected chi connectivity index (χ0v) is 10.5. The van der Waals surface area contributed by atoms with Gasteiger partial charge in [0.15, 0.2) is 11.6 Å². The van der Waals surface area contributed by atoms with Crippen LogP contribution in [0, 0.1) is 18.6 Å². The van der Waals surface area contributed by atoms with Gasteiger partial charge in [-0.05, 0) is 48.2 Å². The van der Waals surface area contributed by atoms with Crippen molar-refractivity contribution >= 4 is 0 Å². The predicted octanol–water partition coefficient (Wildman–Crippen LogP) is 2.42. The number of hydrogen-bond donors (Lipinski definition) is 2. The first-order valence-corrected chi connectivity index (χ1v) is 5.92. The van der Waals surface area contributed by atoms with Crippen molar-refractivity contribution in [3.63, 3.8) is 0 Å². The fourth-order valence-corrected chi connectivity index (χ4v) is 2.04. The van der Waals surface area contributed by atoms with Crippen LogP contribution < -0.4 is 11.3 Å². The maximum atomic E-state index is 13.2. The molecule has 0 aliphatic heterocycles. The highest BCUT2D eigenvalue weighted by molar-refractivity contribution is 5.28. The molecule has 0 saturated carbocycles.